The molecule has 0 saturated heterocycles. The van der Waals surface area contributed by atoms with E-state index in [1.807, 2.05) is 6.07 Å². The molecule has 0 saturated carbocycles. The van der Waals surface area contributed by atoms with Gasteiger partial charge in [0.05, 0.1) is 12.1 Å². The second kappa shape index (κ2) is 10.6. The second-order valence-corrected chi connectivity index (χ2v) is 10.4. The largest absolute Gasteiger partial charge is 0.477 e. The minimum Gasteiger partial charge on any atom is -0.477 e. The zero-order chi connectivity index (χ0) is 28.5. The zero-order valence-electron chi connectivity index (χ0n) is 22.5. The van der Waals surface area contributed by atoms with Gasteiger partial charge in [-0.15, -0.1) is 0 Å². The SMILES string of the molecule is CN(C)C(=O)c1ccc2c(=O)n(Cc3ccc(C(=O)OC(C)(C)C)cc3)c(C(=O)O)c(-c3ccccc3)c2c1. The van der Waals surface area contributed by atoms with Gasteiger partial charge in [-0.05, 0) is 67.6 Å². The minimum atomic E-state index is -1.28. The molecule has 0 atom stereocenters. The van der Waals surface area contributed by atoms with Crippen LogP contribution in [0.5, 0.6) is 0 Å². The van der Waals surface area contributed by atoms with Crippen LogP contribution in [0, 0.1) is 0 Å². The number of carbonyl (C=O) groups excluding carboxylic acids is 2. The van der Waals surface area contributed by atoms with Gasteiger partial charge < -0.3 is 14.7 Å². The maximum absolute atomic E-state index is 13.7. The topological polar surface area (TPSA) is 106 Å². The smallest absolute Gasteiger partial charge is 0.353 e. The number of rotatable bonds is 6. The molecule has 1 aromatic heterocycles. The van der Waals surface area contributed by atoms with Crippen molar-refractivity contribution in [1.29, 1.82) is 0 Å². The summed E-state index contributed by atoms with van der Waals surface area (Å²) in [5.41, 5.74) is 0.933. The second-order valence-electron chi connectivity index (χ2n) is 10.4. The molecule has 0 unspecified atom stereocenters. The molecule has 0 aliphatic heterocycles. The Balaban J connectivity index is 1.91. The number of amides is 1. The van der Waals surface area contributed by atoms with E-state index in [-0.39, 0.29) is 18.1 Å². The van der Waals surface area contributed by atoms with Crippen LogP contribution in [-0.2, 0) is 11.3 Å². The standard InChI is InChI=1S/C31H30N2O6/c1-31(2,3)39-30(38)21-13-11-19(12-14-21)18-33-26(29(36)37)25(20-9-7-6-8-10-20)24-17-22(27(34)32(4)5)15-16-23(24)28(33)35/h6-17H,18H2,1-5H3,(H,36,37). The van der Waals surface area contributed by atoms with E-state index in [2.05, 4.69) is 0 Å². The van der Waals surface area contributed by atoms with E-state index in [1.165, 1.54) is 9.47 Å². The summed E-state index contributed by atoms with van der Waals surface area (Å²) >= 11 is 0. The predicted octanol–water partition coefficient (Wildman–Crippen LogP) is 5.07. The molecule has 3 aromatic carbocycles. The molecule has 1 heterocycles. The number of nitrogens with zero attached hydrogens (tertiary/aromatic N) is 2. The van der Waals surface area contributed by atoms with Crippen LogP contribution in [0.3, 0.4) is 0 Å². The first kappa shape index (κ1) is 27.3. The Labute approximate surface area is 226 Å². The van der Waals surface area contributed by atoms with Crippen molar-refractivity contribution in [2.75, 3.05) is 14.1 Å². The summed E-state index contributed by atoms with van der Waals surface area (Å²) in [6.07, 6.45) is 0. The summed E-state index contributed by atoms with van der Waals surface area (Å²) in [5, 5.41) is 11.0. The van der Waals surface area contributed by atoms with Crippen LogP contribution in [0.15, 0.2) is 77.6 Å². The van der Waals surface area contributed by atoms with E-state index in [4.69, 9.17) is 4.74 Å². The third-order valence-corrected chi connectivity index (χ3v) is 6.12. The van der Waals surface area contributed by atoms with Crippen LogP contribution < -0.4 is 5.56 Å². The van der Waals surface area contributed by atoms with Crippen LogP contribution in [-0.4, -0.2) is 52.1 Å². The number of fused-ring (bicyclic) bond motifs is 1. The van der Waals surface area contributed by atoms with Crippen molar-refractivity contribution in [3.63, 3.8) is 0 Å². The monoisotopic (exact) mass is 526 g/mol. The number of hydrogen-bond acceptors (Lipinski definition) is 5. The highest BCUT2D eigenvalue weighted by molar-refractivity contribution is 6.08. The summed E-state index contributed by atoms with van der Waals surface area (Å²) in [5.74, 6) is -2.01. The van der Waals surface area contributed by atoms with Gasteiger partial charge in [0, 0.05) is 30.6 Å². The Bertz CT molecular complexity index is 1630. The Morgan fingerprint density at radius 3 is 2.05 bits per heavy atom. The van der Waals surface area contributed by atoms with E-state index >= 15 is 0 Å². The number of aromatic carboxylic acids is 1. The van der Waals surface area contributed by atoms with E-state index in [1.54, 1.807) is 102 Å². The van der Waals surface area contributed by atoms with Gasteiger partial charge in [0.2, 0.25) is 0 Å². The van der Waals surface area contributed by atoms with Gasteiger partial charge in [-0.1, -0.05) is 42.5 Å². The molecular weight excluding hydrogens is 496 g/mol. The number of aromatic nitrogens is 1. The molecule has 0 spiro atoms. The Hall–Kier alpha value is -4.72. The highest BCUT2D eigenvalue weighted by Crippen LogP contribution is 2.32. The van der Waals surface area contributed by atoms with Crippen LogP contribution in [0.25, 0.3) is 21.9 Å². The highest BCUT2D eigenvalue weighted by Gasteiger charge is 2.24. The average Bonchev–Trinajstić information content (AvgIpc) is 2.89. The number of carbonyl (C=O) groups is 3. The van der Waals surface area contributed by atoms with Crippen molar-refractivity contribution in [2.45, 2.75) is 32.9 Å². The van der Waals surface area contributed by atoms with Gasteiger partial charge in [0.25, 0.3) is 11.5 Å². The third-order valence-electron chi connectivity index (χ3n) is 6.12. The molecule has 1 amide bonds. The van der Waals surface area contributed by atoms with Crippen molar-refractivity contribution >= 4 is 28.6 Å². The van der Waals surface area contributed by atoms with Crippen molar-refractivity contribution in [3.05, 3.63) is 106 Å². The fourth-order valence-corrected chi connectivity index (χ4v) is 4.37. The summed E-state index contributed by atoms with van der Waals surface area (Å²) in [7, 11) is 3.25. The maximum Gasteiger partial charge on any atom is 0.353 e. The van der Waals surface area contributed by atoms with Crippen LogP contribution in [0.1, 0.15) is 57.5 Å². The average molecular weight is 527 g/mol. The van der Waals surface area contributed by atoms with Crippen LogP contribution in [0.2, 0.25) is 0 Å². The molecule has 8 nitrogen and oxygen atoms in total. The molecule has 0 aliphatic rings. The number of hydrogen-bond donors (Lipinski definition) is 1. The quantitative estimate of drug-likeness (QED) is 0.352. The highest BCUT2D eigenvalue weighted by atomic mass is 16.6. The summed E-state index contributed by atoms with van der Waals surface area (Å²) in [4.78, 5) is 53.0. The van der Waals surface area contributed by atoms with E-state index in [0.29, 0.717) is 38.6 Å². The van der Waals surface area contributed by atoms with Crippen LogP contribution >= 0.6 is 0 Å². The summed E-state index contributed by atoms with van der Waals surface area (Å²) < 4.78 is 6.63. The molecular formula is C31H30N2O6. The molecule has 200 valence electrons. The first-order valence-electron chi connectivity index (χ1n) is 12.4. The van der Waals surface area contributed by atoms with Crippen molar-refractivity contribution in [3.8, 4) is 11.1 Å². The molecule has 0 bridgehead atoms. The summed E-state index contributed by atoms with van der Waals surface area (Å²) in [6.45, 7) is 5.30. The predicted molar refractivity (Wildman–Crippen MR) is 149 cm³/mol. The molecule has 4 aromatic rings. The lowest BCUT2D eigenvalue weighted by Gasteiger charge is -2.20. The fourth-order valence-electron chi connectivity index (χ4n) is 4.37. The molecule has 4 rings (SSSR count). The molecule has 8 heteroatoms. The van der Waals surface area contributed by atoms with E-state index < -0.39 is 23.1 Å². The molecule has 39 heavy (non-hydrogen) atoms. The lowest BCUT2D eigenvalue weighted by molar-refractivity contribution is 0.00692. The number of carboxylic acids is 1. The number of ether oxygens (including phenoxy) is 1. The lowest BCUT2D eigenvalue weighted by atomic mass is 9.95. The normalized spacial score (nSPS) is 11.3. The molecule has 0 aliphatic carbocycles. The number of benzene rings is 3. The number of esters is 1. The Morgan fingerprint density at radius 2 is 1.49 bits per heavy atom. The first-order chi connectivity index (χ1) is 18.4. The first-order valence-corrected chi connectivity index (χ1v) is 12.4. The Morgan fingerprint density at radius 1 is 0.872 bits per heavy atom. The number of pyridine rings is 1. The molecule has 1 N–H and O–H groups in total. The molecule has 0 radical (unpaired) electrons. The third kappa shape index (κ3) is 5.75. The van der Waals surface area contributed by atoms with Crippen LogP contribution in [0.4, 0.5) is 0 Å². The van der Waals surface area contributed by atoms with Crippen molar-refractivity contribution in [1.82, 2.24) is 9.47 Å². The van der Waals surface area contributed by atoms with Crippen molar-refractivity contribution in [2.24, 2.45) is 0 Å². The summed E-state index contributed by atoms with van der Waals surface area (Å²) in [6, 6.07) is 20.2. The van der Waals surface area contributed by atoms with E-state index in [9.17, 15) is 24.3 Å². The van der Waals surface area contributed by atoms with Gasteiger partial charge >= 0.3 is 11.9 Å². The van der Waals surface area contributed by atoms with E-state index in [0.717, 1.165) is 0 Å². The van der Waals surface area contributed by atoms with Gasteiger partial charge in [-0.3, -0.25) is 14.2 Å². The zero-order valence-corrected chi connectivity index (χ0v) is 22.5. The van der Waals surface area contributed by atoms with Gasteiger partial charge in [0.15, 0.2) is 0 Å². The van der Waals surface area contributed by atoms with Gasteiger partial charge in [-0.25, -0.2) is 9.59 Å². The Kier molecular flexibility index (Phi) is 7.40. The lowest BCUT2D eigenvalue weighted by Crippen LogP contribution is -2.28. The van der Waals surface area contributed by atoms with Gasteiger partial charge in [-0.2, -0.15) is 0 Å². The molecule has 0 fully saturated rings. The minimum absolute atomic E-state index is 0.0385. The van der Waals surface area contributed by atoms with Crippen molar-refractivity contribution < 1.29 is 24.2 Å². The maximum atomic E-state index is 13.7. The fraction of sp³-hybridized carbons (Fsp3) is 0.226. The van der Waals surface area contributed by atoms with Gasteiger partial charge in [0.1, 0.15) is 11.3 Å². The number of carboxylic acid groups (broad SMARTS) is 1.